The summed E-state index contributed by atoms with van der Waals surface area (Å²) < 4.78 is 11.5. The number of hydrogen-bond acceptors (Lipinski definition) is 3. The third kappa shape index (κ3) is 4.02. The molecule has 1 heterocycles. The van der Waals surface area contributed by atoms with Crippen LogP contribution < -0.4 is 9.47 Å². The van der Waals surface area contributed by atoms with E-state index < -0.39 is 0 Å². The average Bonchev–Trinajstić information content (AvgIpc) is 2.98. The molecule has 3 aromatic rings. The Balaban J connectivity index is 1.51. The average molecular weight is 432 g/mol. The molecule has 0 atom stereocenters. The zero-order valence-corrected chi connectivity index (χ0v) is 16.7. The molecule has 6 heteroatoms. The summed E-state index contributed by atoms with van der Waals surface area (Å²) in [6.45, 7) is 0.274. The van der Waals surface area contributed by atoms with Crippen molar-refractivity contribution in [3.63, 3.8) is 0 Å². The number of halogens is 3. The van der Waals surface area contributed by atoms with Gasteiger partial charge in [0.05, 0.1) is 5.56 Å². The molecule has 1 aliphatic rings. The minimum Gasteiger partial charge on any atom is -0.489 e. The maximum absolute atomic E-state index is 12.5. The lowest BCUT2D eigenvalue weighted by Crippen LogP contribution is -1.98. The fraction of sp³-hybridized carbons (Fsp3) is 0.0455. The number of benzene rings is 3. The normalized spacial score (nSPS) is 14.1. The molecule has 0 spiro atoms. The van der Waals surface area contributed by atoms with Crippen LogP contribution in [0.15, 0.2) is 66.4 Å². The largest absolute Gasteiger partial charge is 0.489 e. The molecule has 0 fully saturated rings. The van der Waals surface area contributed by atoms with Gasteiger partial charge in [-0.2, -0.15) is 0 Å². The summed E-state index contributed by atoms with van der Waals surface area (Å²) in [5, 5.41) is 1.73. The van der Waals surface area contributed by atoms with Gasteiger partial charge in [0.25, 0.3) is 0 Å². The Kier molecular flexibility index (Phi) is 5.31. The van der Waals surface area contributed by atoms with Crippen LogP contribution in [0.1, 0.15) is 21.5 Å². The number of rotatable bonds is 4. The SMILES string of the molecule is O=C1/C(=C/c2ccc(Cl)cc2)Oc2cc(OCc3ccc(Cl)cc3Cl)ccc21. The highest BCUT2D eigenvalue weighted by Gasteiger charge is 2.27. The molecule has 0 saturated carbocycles. The van der Waals surface area contributed by atoms with Gasteiger partial charge in [0.1, 0.15) is 18.1 Å². The summed E-state index contributed by atoms with van der Waals surface area (Å²) in [6.07, 6.45) is 1.69. The number of ether oxygens (including phenoxy) is 2. The van der Waals surface area contributed by atoms with Gasteiger partial charge in [-0.05, 0) is 48.0 Å². The van der Waals surface area contributed by atoms with E-state index in [0.29, 0.717) is 32.1 Å². The van der Waals surface area contributed by atoms with Crippen LogP contribution in [0.4, 0.5) is 0 Å². The van der Waals surface area contributed by atoms with Crippen molar-refractivity contribution < 1.29 is 14.3 Å². The fourth-order valence-corrected chi connectivity index (χ4v) is 3.36. The van der Waals surface area contributed by atoms with E-state index in [2.05, 4.69) is 0 Å². The molecule has 3 nitrogen and oxygen atoms in total. The summed E-state index contributed by atoms with van der Waals surface area (Å²) in [4.78, 5) is 12.5. The number of ketones is 1. The topological polar surface area (TPSA) is 35.5 Å². The Bertz CT molecular complexity index is 1090. The van der Waals surface area contributed by atoms with E-state index in [4.69, 9.17) is 44.3 Å². The van der Waals surface area contributed by atoms with Crippen LogP contribution in [-0.4, -0.2) is 5.78 Å². The van der Waals surface area contributed by atoms with Gasteiger partial charge in [0.15, 0.2) is 5.76 Å². The molecule has 3 aromatic carbocycles. The monoisotopic (exact) mass is 430 g/mol. The third-order valence-corrected chi connectivity index (χ3v) is 5.06. The number of fused-ring (bicyclic) bond motifs is 1. The minimum absolute atomic E-state index is 0.169. The number of Topliss-reactive ketones (excluding diaryl/α,β-unsaturated/α-hetero) is 1. The smallest absolute Gasteiger partial charge is 0.231 e. The van der Waals surface area contributed by atoms with Crippen molar-refractivity contribution >= 4 is 46.7 Å². The van der Waals surface area contributed by atoms with E-state index in [-0.39, 0.29) is 18.1 Å². The Morgan fingerprint density at radius 1 is 0.893 bits per heavy atom. The molecule has 140 valence electrons. The molecule has 0 N–H and O–H groups in total. The Labute approximate surface area is 177 Å². The second-order valence-corrected chi connectivity index (χ2v) is 7.45. The molecule has 28 heavy (non-hydrogen) atoms. The van der Waals surface area contributed by atoms with E-state index in [9.17, 15) is 4.79 Å². The van der Waals surface area contributed by atoms with Crippen molar-refractivity contribution in [1.82, 2.24) is 0 Å². The first-order chi connectivity index (χ1) is 13.5. The summed E-state index contributed by atoms with van der Waals surface area (Å²) in [7, 11) is 0. The molecule has 0 saturated heterocycles. The predicted molar refractivity (Wildman–Crippen MR) is 112 cm³/mol. The van der Waals surface area contributed by atoms with Crippen molar-refractivity contribution in [1.29, 1.82) is 0 Å². The maximum Gasteiger partial charge on any atom is 0.231 e. The molecule has 0 radical (unpaired) electrons. The van der Waals surface area contributed by atoms with Crippen molar-refractivity contribution in [3.8, 4) is 11.5 Å². The maximum atomic E-state index is 12.5. The molecule has 4 rings (SSSR count). The standard InChI is InChI=1S/C22H13Cl3O3/c23-15-4-1-13(2-5-15)9-21-22(26)18-8-7-17(11-20(18)28-21)27-12-14-3-6-16(24)10-19(14)25/h1-11H,12H2/b21-9-. The minimum atomic E-state index is -0.169. The third-order valence-electron chi connectivity index (χ3n) is 4.22. The van der Waals surface area contributed by atoms with Gasteiger partial charge >= 0.3 is 0 Å². The lowest BCUT2D eigenvalue weighted by atomic mass is 10.1. The first-order valence-corrected chi connectivity index (χ1v) is 9.53. The lowest BCUT2D eigenvalue weighted by Gasteiger charge is -2.09. The Morgan fingerprint density at radius 2 is 1.64 bits per heavy atom. The van der Waals surface area contributed by atoms with E-state index in [1.165, 1.54) is 0 Å². The molecular weight excluding hydrogens is 419 g/mol. The van der Waals surface area contributed by atoms with Crippen LogP contribution in [0.5, 0.6) is 11.5 Å². The predicted octanol–water partition coefficient (Wildman–Crippen LogP) is 6.84. The first-order valence-electron chi connectivity index (χ1n) is 8.40. The van der Waals surface area contributed by atoms with Crippen molar-refractivity contribution in [2.45, 2.75) is 6.61 Å². The van der Waals surface area contributed by atoms with Crippen LogP contribution >= 0.6 is 34.8 Å². The van der Waals surface area contributed by atoms with Gasteiger partial charge in [0.2, 0.25) is 5.78 Å². The summed E-state index contributed by atoms with van der Waals surface area (Å²) >= 11 is 18.0. The van der Waals surface area contributed by atoms with Crippen molar-refractivity contribution in [2.75, 3.05) is 0 Å². The Hall–Kier alpha value is -2.46. The lowest BCUT2D eigenvalue weighted by molar-refractivity contribution is 0.101. The van der Waals surface area contributed by atoms with Crippen molar-refractivity contribution in [3.05, 3.63) is 98.2 Å². The molecule has 0 aliphatic carbocycles. The van der Waals surface area contributed by atoms with Crippen LogP contribution in [0.25, 0.3) is 6.08 Å². The summed E-state index contributed by atoms with van der Waals surface area (Å²) in [5.41, 5.74) is 2.14. The number of hydrogen-bond donors (Lipinski definition) is 0. The summed E-state index contributed by atoms with van der Waals surface area (Å²) in [5.74, 6) is 1.13. The van der Waals surface area contributed by atoms with Gasteiger partial charge in [0, 0.05) is 26.7 Å². The highest BCUT2D eigenvalue weighted by molar-refractivity contribution is 6.35. The molecule has 0 aromatic heterocycles. The molecule has 0 unspecified atom stereocenters. The van der Waals surface area contributed by atoms with E-state index in [0.717, 1.165) is 11.1 Å². The zero-order valence-electron chi connectivity index (χ0n) is 14.4. The van der Waals surface area contributed by atoms with Gasteiger partial charge < -0.3 is 9.47 Å². The van der Waals surface area contributed by atoms with Crippen LogP contribution in [0, 0.1) is 0 Å². The van der Waals surface area contributed by atoms with Gasteiger partial charge in [-0.25, -0.2) is 0 Å². The molecular formula is C22H13Cl3O3. The second-order valence-electron chi connectivity index (χ2n) is 6.17. The molecule has 1 aliphatic heterocycles. The Morgan fingerprint density at radius 3 is 2.39 bits per heavy atom. The van der Waals surface area contributed by atoms with Gasteiger partial charge in [-0.15, -0.1) is 0 Å². The first kappa shape index (κ1) is 18.9. The highest BCUT2D eigenvalue weighted by Crippen LogP contribution is 2.35. The van der Waals surface area contributed by atoms with E-state index >= 15 is 0 Å². The van der Waals surface area contributed by atoms with Crippen molar-refractivity contribution in [2.24, 2.45) is 0 Å². The number of carbonyl (C=O) groups excluding carboxylic acids is 1. The highest BCUT2D eigenvalue weighted by atomic mass is 35.5. The quantitative estimate of drug-likeness (QED) is 0.424. The van der Waals surface area contributed by atoms with Gasteiger partial charge in [-0.1, -0.05) is 53.0 Å². The zero-order chi connectivity index (χ0) is 19.7. The number of carbonyl (C=O) groups is 1. The van der Waals surface area contributed by atoms with Crippen LogP contribution in [-0.2, 0) is 6.61 Å². The molecule has 0 amide bonds. The molecule has 0 bridgehead atoms. The number of allylic oxidation sites excluding steroid dienone is 1. The van der Waals surface area contributed by atoms with E-state index in [1.54, 1.807) is 48.5 Å². The summed E-state index contributed by atoms with van der Waals surface area (Å²) in [6, 6.07) is 17.5. The fourth-order valence-electron chi connectivity index (χ4n) is 2.77. The van der Waals surface area contributed by atoms with Crippen LogP contribution in [0.2, 0.25) is 15.1 Å². The van der Waals surface area contributed by atoms with Gasteiger partial charge in [-0.3, -0.25) is 4.79 Å². The van der Waals surface area contributed by atoms with Crippen LogP contribution in [0.3, 0.4) is 0 Å². The van der Waals surface area contributed by atoms with E-state index in [1.807, 2.05) is 18.2 Å². The second kappa shape index (κ2) is 7.88.